The third-order valence-corrected chi connectivity index (χ3v) is 10.1. The highest BCUT2D eigenvalue weighted by Gasteiger charge is 2.44. The topological polar surface area (TPSA) is 15.7 Å². The Kier molecular flexibility index (Phi) is 6.19. The minimum atomic E-state index is -0.0312. The molecule has 0 amide bonds. The normalized spacial score (nSPS) is 12.7. The number of ether oxygens (including phenoxy) is 1. The first-order valence-electron chi connectivity index (χ1n) is 16.9. The molecule has 0 fully saturated rings. The average Bonchev–Trinajstić information content (AvgIpc) is 3.15. The van der Waals surface area contributed by atoms with Crippen LogP contribution in [0.4, 0.5) is 34.1 Å². The summed E-state index contributed by atoms with van der Waals surface area (Å²) in [4.78, 5) is 4.78. The Morgan fingerprint density at radius 3 is 1.80 bits per heavy atom. The molecule has 49 heavy (non-hydrogen) atoms. The van der Waals surface area contributed by atoms with E-state index in [1.54, 1.807) is 0 Å². The van der Waals surface area contributed by atoms with E-state index in [2.05, 4.69) is 187 Å². The lowest BCUT2D eigenvalue weighted by Gasteiger charge is -2.41. The number of fused-ring (bicyclic) bond motifs is 8. The molecule has 2 aliphatic rings. The van der Waals surface area contributed by atoms with E-state index in [-0.39, 0.29) is 6.71 Å². The highest BCUT2D eigenvalue weighted by Crippen LogP contribution is 2.46. The predicted molar refractivity (Wildman–Crippen MR) is 207 cm³/mol. The van der Waals surface area contributed by atoms with E-state index in [0.29, 0.717) is 0 Å². The number of rotatable bonds is 4. The lowest BCUT2D eigenvalue weighted by Crippen LogP contribution is -2.60. The van der Waals surface area contributed by atoms with Crippen LogP contribution in [0, 0.1) is 6.92 Å². The summed E-state index contributed by atoms with van der Waals surface area (Å²) in [6.45, 7) is 2.14. The van der Waals surface area contributed by atoms with E-state index in [1.165, 1.54) is 49.3 Å². The molecule has 0 atom stereocenters. The van der Waals surface area contributed by atoms with Gasteiger partial charge in [-0.15, -0.1) is 0 Å². The molecule has 0 N–H and O–H groups in total. The summed E-state index contributed by atoms with van der Waals surface area (Å²) in [5.41, 5.74) is 11.7. The van der Waals surface area contributed by atoms with E-state index >= 15 is 0 Å². The molecule has 0 unspecified atom stereocenters. The zero-order valence-electron chi connectivity index (χ0n) is 27.0. The maximum Gasteiger partial charge on any atom is 0.258 e. The second-order valence-electron chi connectivity index (χ2n) is 13.0. The van der Waals surface area contributed by atoms with Crippen LogP contribution in [0.25, 0.3) is 21.5 Å². The molecular formula is C45H31BN2O. The molecule has 0 aliphatic carbocycles. The molecule has 0 spiro atoms. The second kappa shape index (κ2) is 10.9. The van der Waals surface area contributed by atoms with Crippen molar-refractivity contribution in [3.05, 3.63) is 175 Å². The van der Waals surface area contributed by atoms with Crippen molar-refractivity contribution in [2.24, 2.45) is 0 Å². The fourth-order valence-electron chi connectivity index (χ4n) is 8.13. The molecule has 10 rings (SSSR count). The van der Waals surface area contributed by atoms with Gasteiger partial charge in [-0.2, -0.15) is 0 Å². The summed E-state index contributed by atoms with van der Waals surface area (Å²) in [5, 5.41) is 4.88. The Morgan fingerprint density at radius 2 is 1.08 bits per heavy atom. The lowest BCUT2D eigenvalue weighted by atomic mass is 9.33. The van der Waals surface area contributed by atoms with Gasteiger partial charge in [0, 0.05) is 39.9 Å². The Hall–Kier alpha value is -6.26. The minimum Gasteiger partial charge on any atom is -0.458 e. The maximum absolute atomic E-state index is 7.13. The SMILES string of the molecule is Cc1cc2c3c(c1)N(c1ccccc1)c1ccc4ccccc4c1B3c1c(cc(N(c3ccccc3)c3ccccc3)c3ccccc13)O2. The van der Waals surface area contributed by atoms with Crippen molar-refractivity contribution in [2.75, 3.05) is 9.80 Å². The van der Waals surface area contributed by atoms with Crippen molar-refractivity contribution < 1.29 is 4.74 Å². The van der Waals surface area contributed by atoms with Crippen molar-refractivity contribution in [3.63, 3.8) is 0 Å². The van der Waals surface area contributed by atoms with E-state index in [9.17, 15) is 0 Å². The van der Waals surface area contributed by atoms with Gasteiger partial charge in [-0.3, -0.25) is 0 Å². The Labute approximate surface area is 286 Å². The molecule has 0 bridgehead atoms. The van der Waals surface area contributed by atoms with E-state index in [4.69, 9.17) is 4.74 Å². The smallest absolute Gasteiger partial charge is 0.258 e. The molecule has 2 heterocycles. The number of benzene rings is 8. The van der Waals surface area contributed by atoms with Gasteiger partial charge in [0.15, 0.2) is 0 Å². The third kappa shape index (κ3) is 4.24. The molecule has 0 radical (unpaired) electrons. The summed E-state index contributed by atoms with van der Waals surface area (Å²) >= 11 is 0. The molecule has 8 aromatic carbocycles. The maximum atomic E-state index is 7.13. The lowest BCUT2D eigenvalue weighted by molar-refractivity contribution is 0.488. The Bertz CT molecular complexity index is 2510. The molecule has 3 nitrogen and oxygen atoms in total. The van der Waals surface area contributed by atoms with Crippen LogP contribution in [-0.4, -0.2) is 6.71 Å². The van der Waals surface area contributed by atoms with Gasteiger partial charge in [-0.05, 0) is 99.6 Å². The van der Waals surface area contributed by atoms with Crippen LogP contribution in [0.2, 0.25) is 0 Å². The summed E-state index contributed by atoms with van der Waals surface area (Å²) in [5.74, 6) is 1.81. The van der Waals surface area contributed by atoms with E-state index in [1.807, 2.05) is 0 Å². The van der Waals surface area contributed by atoms with Crippen molar-refractivity contribution >= 4 is 78.8 Å². The first-order chi connectivity index (χ1) is 24.2. The van der Waals surface area contributed by atoms with Gasteiger partial charge >= 0.3 is 0 Å². The summed E-state index contributed by atoms with van der Waals surface area (Å²) in [6.07, 6.45) is 0. The van der Waals surface area contributed by atoms with E-state index in [0.717, 1.165) is 39.8 Å². The molecule has 0 saturated carbocycles. The fourth-order valence-corrected chi connectivity index (χ4v) is 8.13. The average molecular weight is 627 g/mol. The number of para-hydroxylation sites is 3. The molecule has 8 aromatic rings. The molecule has 0 aromatic heterocycles. The molecular weight excluding hydrogens is 595 g/mol. The number of anilines is 6. The number of nitrogens with zero attached hydrogens (tertiary/aromatic N) is 2. The predicted octanol–water partition coefficient (Wildman–Crippen LogP) is 10.2. The van der Waals surface area contributed by atoms with Crippen molar-refractivity contribution in [1.29, 1.82) is 0 Å². The van der Waals surface area contributed by atoms with Crippen LogP contribution >= 0.6 is 0 Å². The second-order valence-corrected chi connectivity index (χ2v) is 13.0. The quantitative estimate of drug-likeness (QED) is 0.181. The standard InChI is InChI=1S/C45H31BN2O/c1-30-27-40-45-41(28-30)49-42-29-39(47(32-16-5-2-6-17-32)33-18-7-3-8-19-33)36-23-13-14-24-37(36)44(42)46(45)43-35-22-12-11-15-31(35)25-26-38(43)48(40)34-20-9-4-10-21-34/h2-29H,1H3. The Morgan fingerprint density at radius 1 is 0.490 bits per heavy atom. The first kappa shape index (κ1) is 27.8. The van der Waals surface area contributed by atoms with Gasteiger partial charge in [0.1, 0.15) is 11.5 Å². The molecule has 230 valence electrons. The van der Waals surface area contributed by atoms with Gasteiger partial charge in [0.25, 0.3) is 6.71 Å². The van der Waals surface area contributed by atoms with Gasteiger partial charge in [-0.1, -0.05) is 109 Å². The number of hydrogen-bond acceptors (Lipinski definition) is 3. The van der Waals surface area contributed by atoms with Crippen LogP contribution in [-0.2, 0) is 0 Å². The van der Waals surface area contributed by atoms with Gasteiger partial charge < -0.3 is 14.5 Å². The van der Waals surface area contributed by atoms with Gasteiger partial charge in [0.05, 0.1) is 5.69 Å². The fraction of sp³-hybridized carbons (Fsp3) is 0.0222. The highest BCUT2D eigenvalue weighted by atomic mass is 16.5. The van der Waals surface area contributed by atoms with Crippen LogP contribution in [0.15, 0.2) is 170 Å². The van der Waals surface area contributed by atoms with Crippen LogP contribution in [0.1, 0.15) is 5.56 Å². The summed E-state index contributed by atoms with van der Waals surface area (Å²) < 4.78 is 7.13. The van der Waals surface area contributed by atoms with Crippen molar-refractivity contribution in [2.45, 2.75) is 6.92 Å². The first-order valence-corrected chi connectivity index (χ1v) is 16.9. The highest BCUT2D eigenvalue weighted by molar-refractivity contribution is 7.02. The largest absolute Gasteiger partial charge is 0.458 e. The van der Waals surface area contributed by atoms with Crippen molar-refractivity contribution in [3.8, 4) is 11.5 Å². The molecule has 0 saturated heterocycles. The zero-order chi connectivity index (χ0) is 32.5. The van der Waals surface area contributed by atoms with Crippen LogP contribution in [0.3, 0.4) is 0 Å². The summed E-state index contributed by atoms with van der Waals surface area (Å²) in [6, 6.07) is 61.1. The third-order valence-electron chi connectivity index (χ3n) is 10.1. The zero-order valence-corrected chi connectivity index (χ0v) is 27.0. The molecule has 2 aliphatic heterocycles. The monoisotopic (exact) mass is 626 g/mol. The number of aryl methyl sites for hydroxylation is 1. The van der Waals surface area contributed by atoms with Gasteiger partial charge in [-0.25, -0.2) is 0 Å². The number of hydrogen-bond donors (Lipinski definition) is 0. The Balaban J connectivity index is 1.32. The molecule has 4 heteroatoms. The van der Waals surface area contributed by atoms with Crippen molar-refractivity contribution in [1.82, 2.24) is 0 Å². The van der Waals surface area contributed by atoms with Crippen LogP contribution in [0.5, 0.6) is 11.5 Å². The van der Waals surface area contributed by atoms with Crippen LogP contribution < -0.4 is 30.9 Å². The van der Waals surface area contributed by atoms with E-state index < -0.39 is 0 Å². The summed E-state index contributed by atoms with van der Waals surface area (Å²) in [7, 11) is 0. The minimum absolute atomic E-state index is 0.0312. The van der Waals surface area contributed by atoms with Gasteiger partial charge in [0.2, 0.25) is 0 Å².